The number of thioether (sulfide) groups is 1. The van der Waals surface area contributed by atoms with Gasteiger partial charge in [0, 0.05) is 29.1 Å². The third kappa shape index (κ3) is 3.34. The Morgan fingerprint density at radius 1 is 1.50 bits per heavy atom. The van der Waals surface area contributed by atoms with Gasteiger partial charge in [-0.2, -0.15) is 4.98 Å². The first-order chi connectivity index (χ1) is 8.51. The molecule has 1 aromatic heterocycles. The quantitative estimate of drug-likeness (QED) is 0.453. The van der Waals surface area contributed by atoms with E-state index in [-0.39, 0.29) is 18.8 Å². The highest BCUT2D eigenvalue weighted by Crippen LogP contribution is 2.24. The minimum atomic E-state index is -0.661. The average Bonchev–Trinajstić information content (AvgIpc) is 2.38. The summed E-state index contributed by atoms with van der Waals surface area (Å²) in [7, 11) is 0. The largest absolute Gasteiger partial charge is 0.396 e. The Balaban J connectivity index is 3.21. The zero-order valence-corrected chi connectivity index (χ0v) is 12.8. The van der Waals surface area contributed by atoms with Crippen LogP contribution in [-0.2, 0) is 6.54 Å². The maximum atomic E-state index is 11.4. The van der Waals surface area contributed by atoms with Gasteiger partial charge in [-0.3, -0.25) is 4.79 Å². The summed E-state index contributed by atoms with van der Waals surface area (Å²) in [6.45, 7) is 1.93. The van der Waals surface area contributed by atoms with Crippen LogP contribution in [0, 0.1) is 12.3 Å². The van der Waals surface area contributed by atoms with Crippen LogP contribution in [0.5, 0.6) is 0 Å². The molecule has 2 N–H and O–H groups in total. The number of hydrogen-bond donors (Lipinski definition) is 2. The number of alkyl halides is 1. The first-order valence-electron chi connectivity index (χ1n) is 5.42. The highest BCUT2D eigenvalue weighted by molar-refractivity contribution is 9.09. The second kappa shape index (κ2) is 6.70. The molecular weight excluding hydrogens is 320 g/mol. The number of aromatic nitrogens is 2. The summed E-state index contributed by atoms with van der Waals surface area (Å²) in [5.41, 5.74) is -0.163. The molecule has 0 aromatic carbocycles. The highest BCUT2D eigenvalue weighted by Gasteiger charge is 2.29. The topological polar surface area (TPSA) is 75.4 Å². The van der Waals surface area contributed by atoms with Crippen molar-refractivity contribution in [2.24, 2.45) is 5.41 Å². The van der Waals surface area contributed by atoms with Gasteiger partial charge in [0.05, 0.1) is 13.2 Å². The number of aliphatic hydroxyl groups is 2. The second-order valence-electron chi connectivity index (χ2n) is 4.26. The summed E-state index contributed by atoms with van der Waals surface area (Å²) in [5, 5.41) is 20.0. The van der Waals surface area contributed by atoms with Crippen LogP contribution in [0.15, 0.2) is 16.0 Å². The Labute approximate surface area is 118 Å². The summed E-state index contributed by atoms with van der Waals surface area (Å²) < 4.78 is 1.85. The monoisotopic (exact) mass is 336 g/mol. The van der Waals surface area contributed by atoms with Crippen LogP contribution < -0.4 is 5.56 Å². The number of aryl methyl sites for hydroxylation is 1. The van der Waals surface area contributed by atoms with Crippen LogP contribution in [-0.4, -0.2) is 44.6 Å². The lowest BCUT2D eigenvalue weighted by atomic mass is 9.93. The molecule has 18 heavy (non-hydrogen) atoms. The van der Waals surface area contributed by atoms with E-state index in [0.717, 1.165) is 5.69 Å². The molecule has 0 unspecified atom stereocenters. The summed E-state index contributed by atoms with van der Waals surface area (Å²) in [4.78, 5) is 15.3. The van der Waals surface area contributed by atoms with E-state index in [2.05, 4.69) is 20.9 Å². The summed E-state index contributed by atoms with van der Waals surface area (Å²) in [6.07, 6.45) is 1.84. The molecule has 0 aliphatic carbocycles. The average molecular weight is 337 g/mol. The third-order valence-corrected chi connectivity index (χ3v) is 4.69. The van der Waals surface area contributed by atoms with E-state index in [4.69, 9.17) is 0 Å². The van der Waals surface area contributed by atoms with E-state index in [0.29, 0.717) is 17.0 Å². The van der Waals surface area contributed by atoms with Crippen molar-refractivity contribution in [1.29, 1.82) is 0 Å². The number of rotatable bonds is 6. The van der Waals surface area contributed by atoms with E-state index in [9.17, 15) is 15.0 Å². The van der Waals surface area contributed by atoms with Gasteiger partial charge < -0.3 is 14.8 Å². The SMILES string of the molecule is CSc1nc(=O)cc(C)n1CC(CO)(CO)CBr. The Hall–Kier alpha value is -0.370. The maximum Gasteiger partial charge on any atom is 0.273 e. The number of hydrogen-bond acceptors (Lipinski definition) is 5. The van der Waals surface area contributed by atoms with E-state index < -0.39 is 5.41 Å². The van der Waals surface area contributed by atoms with Gasteiger partial charge in [0.1, 0.15) is 0 Å². The predicted octanol–water partition coefficient (Wildman–Crippen LogP) is 0.640. The first-order valence-corrected chi connectivity index (χ1v) is 7.76. The summed E-state index contributed by atoms with van der Waals surface area (Å²) in [6, 6.07) is 1.45. The molecule has 0 aliphatic heterocycles. The molecule has 102 valence electrons. The van der Waals surface area contributed by atoms with Crippen molar-refractivity contribution in [2.45, 2.75) is 18.6 Å². The fraction of sp³-hybridized carbons (Fsp3) is 0.636. The van der Waals surface area contributed by atoms with Crippen molar-refractivity contribution in [3.8, 4) is 0 Å². The van der Waals surface area contributed by atoms with Gasteiger partial charge in [-0.05, 0) is 13.2 Å². The lowest BCUT2D eigenvalue weighted by Gasteiger charge is -2.30. The Morgan fingerprint density at radius 3 is 2.56 bits per heavy atom. The van der Waals surface area contributed by atoms with Gasteiger partial charge in [0.15, 0.2) is 5.16 Å². The van der Waals surface area contributed by atoms with E-state index in [1.54, 1.807) is 0 Å². The van der Waals surface area contributed by atoms with Crippen molar-refractivity contribution < 1.29 is 10.2 Å². The lowest BCUT2D eigenvalue weighted by molar-refractivity contribution is 0.0573. The third-order valence-electron chi connectivity index (χ3n) is 2.83. The standard InChI is InChI=1S/C11H17BrN2O3S/c1-8-3-9(17)13-10(18-2)14(8)5-11(4-12,6-15)7-16/h3,15-16H,4-7H2,1-2H3. The predicted molar refractivity (Wildman–Crippen MR) is 75.4 cm³/mol. The fourth-order valence-electron chi connectivity index (χ4n) is 1.55. The minimum absolute atomic E-state index is 0.145. The first kappa shape index (κ1) is 15.7. The molecule has 0 radical (unpaired) electrons. The van der Waals surface area contributed by atoms with Crippen LogP contribution in [0.1, 0.15) is 5.69 Å². The van der Waals surface area contributed by atoms with Crippen LogP contribution in [0.25, 0.3) is 0 Å². The normalized spacial score (nSPS) is 11.8. The van der Waals surface area contributed by atoms with Gasteiger partial charge in [-0.15, -0.1) is 0 Å². The molecule has 1 rings (SSSR count). The van der Waals surface area contributed by atoms with Gasteiger partial charge in [-0.1, -0.05) is 27.7 Å². The van der Waals surface area contributed by atoms with Gasteiger partial charge in [-0.25, -0.2) is 0 Å². The Kier molecular flexibility index (Phi) is 5.84. The van der Waals surface area contributed by atoms with Crippen LogP contribution in [0.4, 0.5) is 0 Å². The van der Waals surface area contributed by atoms with Gasteiger partial charge in [0.25, 0.3) is 5.56 Å². The molecule has 0 aliphatic rings. The summed E-state index contributed by atoms with van der Waals surface area (Å²) in [5.74, 6) is 0. The molecule has 5 nitrogen and oxygen atoms in total. The zero-order valence-electron chi connectivity index (χ0n) is 10.4. The molecular formula is C11H17BrN2O3S. The molecule has 1 aromatic rings. The van der Waals surface area contributed by atoms with Gasteiger partial charge in [0.2, 0.25) is 0 Å². The molecule has 7 heteroatoms. The molecule has 0 fully saturated rings. The zero-order chi connectivity index (χ0) is 13.8. The van der Waals surface area contributed by atoms with Gasteiger partial charge >= 0.3 is 0 Å². The number of halogens is 1. The molecule has 0 bridgehead atoms. The number of nitrogens with zero attached hydrogens (tertiary/aromatic N) is 2. The molecule has 0 spiro atoms. The molecule has 0 amide bonds. The number of aliphatic hydroxyl groups excluding tert-OH is 2. The van der Waals surface area contributed by atoms with Crippen LogP contribution >= 0.6 is 27.7 Å². The minimum Gasteiger partial charge on any atom is -0.396 e. The van der Waals surface area contributed by atoms with Crippen LogP contribution in [0.3, 0.4) is 0 Å². The molecule has 1 heterocycles. The Morgan fingerprint density at radius 2 is 2.11 bits per heavy atom. The highest BCUT2D eigenvalue weighted by atomic mass is 79.9. The van der Waals surface area contributed by atoms with Crippen molar-refractivity contribution in [3.05, 3.63) is 22.1 Å². The molecule has 0 atom stereocenters. The molecule has 0 saturated heterocycles. The van der Waals surface area contributed by atoms with E-state index in [1.165, 1.54) is 17.8 Å². The maximum absolute atomic E-state index is 11.4. The smallest absolute Gasteiger partial charge is 0.273 e. The van der Waals surface area contributed by atoms with E-state index in [1.807, 2.05) is 17.7 Å². The van der Waals surface area contributed by atoms with Crippen molar-refractivity contribution in [1.82, 2.24) is 9.55 Å². The molecule has 0 saturated carbocycles. The van der Waals surface area contributed by atoms with Crippen molar-refractivity contribution in [2.75, 3.05) is 24.8 Å². The van der Waals surface area contributed by atoms with Crippen molar-refractivity contribution in [3.63, 3.8) is 0 Å². The summed E-state index contributed by atoms with van der Waals surface area (Å²) >= 11 is 4.68. The lowest BCUT2D eigenvalue weighted by Crippen LogP contribution is -2.38. The van der Waals surface area contributed by atoms with Crippen LogP contribution in [0.2, 0.25) is 0 Å². The van der Waals surface area contributed by atoms with E-state index >= 15 is 0 Å². The second-order valence-corrected chi connectivity index (χ2v) is 5.59. The Bertz CT molecular complexity index is 452. The fourth-order valence-corrected chi connectivity index (χ4v) is 2.70. The van der Waals surface area contributed by atoms with Crippen molar-refractivity contribution >= 4 is 27.7 Å².